The first-order valence-electron chi connectivity index (χ1n) is 6.00. The molecule has 0 saturated carbocycles. The molecule has 0 aliphatic carbocycles. The molecule has 0 heterocycles. The maximum Gasteiger partial charge on any atom is 0.0384 e. The molecule has 16 heavy (non-hydrogen) atoms. The molecule has 0 aromatic heterocycles. The fourth-order valence-corrected chi connectivity index (χ4v) is 2.68. The Morgan fingerprint density at radius 3 is 2.69 bits per heavy atom. The third-order valence-corrected chi connectivity index (χ3v) is 3.53. The van der Waals surface area contributed by atoms with Gasteiger partial charge in [-0.1, -0.05) is 54.8 Å². The van der Waals surface area contributed by atoms with Crippen LogP contribution in [0.5, 0.6) is 0 Å². The summed E-state index contributed by atoms with van der Waals surface area (Å²) < 4.78 is 1.10. The van der Waals surface area contributed by atoms with Crippen LogP contribution in [-0.2, 0) is 5.54 Å². The van der Waals surface area contributed by atoms with Crippen molar-refractivity contribution in [2.45, 2.75) is 45.6 Å². The summed E-state index contributed by atoms with van der Waals surface area (Å²) in [6.07, 6.45) is 3.52. The van der Waals surface area contributed by atoms with Gasteiger partial charge in [0.05, 0.1) is 0 Å². The SMILES string of the molecule is CCCC(C)CC(C)(N)c1cccc(Br)c1. The van der Waals surface area contributed by atoms with E-state index in [0.717, 1.165) is 10.9 Å². The zero-order valence-electron chi connectivity index (χ0n) is 10.5. The smallest absolute Gasteiger partial charge is 0.0384 e. The average Bonchev–Trinajstić information content (AvgIpc) is 2.17. The van der Waals surface area contributed by atoms with E-state index in [4.69, 9.17) is 5.73 Å². The van der Waals surface area contributed by atoms with Gasteiger partial charge >= 0.3 is 0 Å². The Balaban J connectivity index is 2.76. The molecule has 0 spiro atoms. The van der Waals surface area contributed by atoms with Crippen LogP contribution in [0.2, 0.25) is 0 Å². The lowest BCUT2D eigenvalue weighted by atomic mass is 9.83. The quantitative estimate of drug-likeness (QED) is 0.849. The first-order chi connectivity index (χ1) is 7.45. The number of halogens is 1. The van der Waals surface area contributed by atoms with Crippen molar-refractivity contribution in [3.8, 4) is 0 Å². The van der Waals surface area contributed by atoms with Crippen LogP contribution >= 0.6 is 15.9 Å². The molecule has 2 unspecified atom stereocenters. The van der Waals surface area contributed by atoms with Crippen molar-refractivity contribution in [2.24, 2.45) is 11.7 Å². The van der Waals surface area contributed by atoms with Crippen LogP contribution < -0.4 is 5.73 Å². The highest BCUT2D eigenvalue weighted by Gasteiger charge is 2.23. The van der Waals surface area contributed by atoms with Gasteiger partial charge in [0.15, 0.2) is 0 Å². The Kier molecular flexibility index (Phi) is 5.00. The van der Waals surface area contributed by atoms with Crippen LogP contribution in [0.1, 0.15) is 45.6 Å². The van der Waals surface area contributed by atoms with E-state index < -0.39 is 0 Å². The average molecular weight is 284 g/mol. The molecule has 0 aliphatic rings. The predicted octanol–water partition coefficient (Wildman–Crippen LogP) is 4.45. The molecule has 1 rings (SSSR count). The van der Waals surface area contributed by atoms with E-state index in [0.29, 0.717) is 5.92 Å². The summed E-state index contributed by atoms with van der Waals surface area (Å²) in [5, 5.41) is 0. The third-order valence-electron chi connectivity index (χ3n) is 3.04. The van der Waals surface area contributed by atoms with Crippen molar-refractivity contribution in [3.63, 3.8) is 0 Å². The Bertz CT molecular complexity index is 333. The highest BCUT2D eigenvalue weighted by atomic mass is 79.9. The molecule has 0 aliphatic heterocycles. The molecule has 1 aromatic carbocycles. The second kappa shape index (κ2) is 5.83. The molecular weight excluding hydrogens is 262 g/mol. The van der Waals surface area contributed by atoms with Crippen LogP contribution in [0, 0.1) is 5.92 Å². The van der Waals surface area contributed by atoms with Crippen molar-refractivity contribution < 1.29 is 0 Å². The van der Waals surface area contributed by atoms with Crippen LogP contribution in [0.15, 0.2) is 28.7 Å². The Labute approximate surface area is 108 Å². The second-order valence-corrected chi connectivity index (χ2v) is 5.94. The van der Waals surface area contributed by atoms with Crippen molar-refractivity contribution in [1.82, 2.24) is 0 Å². The van der Waals surface area contributed by atoms with E-state index in [1.165, 1.54) is 18.4 Å². The largest absolute Gasteiger partial charge is 0.322 e. The fourth-order valence-electron chi connectivity index (χ4n) is 2.28. The maximum atomic E-state index is 6.42. The van der Waals surface area contributed by atoms with Gasteiger partial charge in [-0.3, -0.25) is 0 Å². The van der Waals surface area contributed by atoms with E-state index in [-0.39, 0.29) is 5.54 Å². The van der Waals surface area contributed by atoms with Gasteiger partial charge in [0.1, 0.15) is 0 Å². The van der Waals surface area contributed by atoms with Crippen molar-refractivity contribution >= 4 is 15.9 Å². The lowest BCUT2D eigenvalue weighted by Gasteiger charge is -2.28. The minimum Gasteiger partial charge on any atom is -0.322 e. The Morgan fingerprint density at radius 2 is 2.12 bits per heavy atom. The molecule has 2 atom stereocenters. The third kappa shape index (κ3) is 3.91. The highest BCUT2D eigenvalue weighted by molar-refractivity contribution is 9.10. The fraction of sp³-hybridized carbons (Fsp3) is 0.571. The Hall–Kier alpha value is -0.340. The molecular formula is C14H22BrN. The van der Waals surface area contributed by atoms with Gasteiger partial charge in [0, 0.05) is 10.0 Å². The van der Waals surface area contributed by atoms with Crippen molar-refractivity contribution in [2.75, 3.05) is 0 Å². The summed E-state index contributed by atoms with van der Waals surface area (Å²) in [4.78, 5) is 0. The standard InChI is InChI=1S/C14H22BrN/c1-4-6-11(2)10-14(3,16)12-7-5-8-13(15)9-12/h5,7-9,11H,4,6,10,16H2,1-3H3. The van der Waals surface area contributed by atoms with Crippen LogP contribution in [0.25, 0.3) is 0 Å². The number of benzene rings is 1. The first kappa shape index (κ1) is 13.7. The van der Waals surface area contributed by atoms with E-state index >= 15 is 0 Å². The monoisotopic (exact) mass is 283 g/mol. The van der Waals surface area contributed by atoms with Gasteiger partial charge < -0.3 is 5.73 Å². The van der Waals surface area contributed by atoms with Gasteiger partial charge in [0.25, 0.3) is 0 Å². The molecule has 2 heteroatoms. The van der Waals surface area contributed by atoms with Crippen LogP contribution in [0.4, 0.5) is 0 Å². The van der Waals surface area contributed by atoms with E-state index in [2.05, 4.69) is 54.9 Å². The molecule has 1 aromatic rings. The van der Waals surface area contributed by atoms with Gasteiger partial charge in [0.2, 0.25) is 0 Å². The lowest BCUT2D eigenvalue weighted by molar-refractivity contribution is 0.346. The predicted molar refractivity (Wildman–Crippen MR) is 74.4 cm³/mol. The maximum absolute atomic E-state index is 6.42. The summed E-state index contributed by atoms with van der Waals surface area (Å²) in [6, 6.07) is 8.33. The van der Waals surface area contributed by atoms with Crippen molar-refractivity contribution in [1.29, 1.82) is 0 Å². The zero-order chi connectivity index (χ0) is 12.2. The normalized spacial score (nSPS) is 16.8. The summed E-state index contributed by atoms with van der Waals surface area (Å²) in [5.74, 6) is 0.680. The number of rotatable bonds is 5. The summed E-state index contributed by atoms with van der Waals surface area (Å²) in [6.45, 7) is 6.64. The van der Waals surface area contributed by atoms with E-state index in [1.54, 1.807) is 0 Å². The molecule has 2 N–H and O–H groups in total. The molecule has 0 radical (unpaired) electrons. The summed E-state index contributed by atoms with van der Waals surface area (Å²) in [7, 11) is 0. The zero-order valence-corrected chi connectivity index (χ0v) is 12.0. The summed E-state index contributed by atoms with van der Waals surface area (Å²) in [5.41, 5.74) is 7.41. The minimum atomic E-state index is -0.224. The minimum absolute atomic E-state index is 0.224. The van der Waals surface area contributed by atoms with Gasteiger partial charge in [-0.15, -0.1) is 0 Å². The molecule has 0 saturated heterocycles. The molecule has 0 fully saturated rings. The number of nitrogens with two attached hydrogens (primary N) is 1. The van der Waals surface area contributed by atoms with Crippen LogP contribution in [-0.4, -0.2) is 0 Å². The van der Waals surface area contributed by atoms with Crippen molar-refractivity contribution in [3.05, 3.63) is 34.3 Å². The van der Waals surface area contributed by atoms with Crippen LogP contribution in [0.3, 0.4) is 0 Å². The van der Waals surface area contributed by atoms with E-state index in [1.807, 2.05) is 6.07 Å². The number of hydrogen-bond acceptors (Lipinski definition) is 1. The van der Waals surface area contributed by atoms with Gasteiger partial charge in [-0.25, -0.2) is 0 Å². The molecule has 0 amide bonds. The first-order valence-corrected chi connectivity index (χ1v) is 6.80. The van der Waals surface area contributed by atoms with E-state index in [9.17, 15) is 0 Å². The lowest BCUT2D eigenvalue weighted by Crippen LogP contribution is -2.34. The highest BCUT2D eigenvalue weighted by Crippen LogP contribution is 2.29. The number of hydrogen-bond donors (Lipinski definition) is 1. The van der Waals surface area contributed by atoms with Gasteiger partial charge in [-0.2, -0.15) is 0 Å². The Morgan fingerprint density at radius 1 is 1.44 bits per heavy atom. The second-order valence-electron chi connectivity index (χ2n) is 5.03. The molecule has 0 bridgehead atoms. The molecule has 1 nitrogen and oxygen atoms in total. The topological polar surface area (TPSA) is 26.0 Å². The van der Waals surface area contributed by atoms with Gasteiger partial charge in [-0.05, 0) is 37.0 Å². The summed E-state index contributed by atoms with van der Waals surface area (Å²) >= 11 is 3.50. The molecule has 90 valence electrons.